The van der Waals surface area contributed by atoms with Crippen molar-refractivity contribution in [2.75, 3.05) is 6.61 Å². The van der Waals surface area contributed by atoms with Gasteiger partial charge in [0.05, 0.1) is 18.3 Å². The van der Waals surface area contributed by atoms with E-state index in [-0.39, 0.29) is 12.2 Å². The molecule has 0 spiro atoms. The summed E-state index contributed by atoms with van der Waals surface area (Å²) in [7, 11) is 0. The van der Waals surface area contributed by atoms with Crippen LogP contribution >= 0.6 is 0 Å². The predicted molar refractivity (Wildman–Crippen MR) is 66.0 cm³/mol. The minimum absolute atomic E-state index is 0.262. The van der Waals surface area contributed by atoms with Crippen LogP contribution in [-0.2, 0) is 11.3 Å². The zero-order chi connectivity index (χ0) is 13.0. The van der Waals surface area contributed by atoms with Crippen molar-refractivity contribution in [2.24, 2.45) is 5.73 Å². The summed E-state index contributed by atoms with van der Waals surface area (Å²) in [5, 5.41) is 8.04. The topological polar surface area (TPSA) is 83.0 Å². The first-order valence-corrected chi connectivity index (χ1v) is 6.59. The van der Waals surface area contributed by atoms with Crippen molar-refractivity contribution in [2.45, 2.75) is 51.6 Å². The Morgan fingerprint density at radius 2 is 2.17 bits per heavy atom. The molecule has 0 saturated heterocycles. The van der Waals surface area contributed by atoms with Gasteiger partial charge in [0.2, 0.25) is 0 Å². The Labute approximate surface area is 106 Å². The average Bonchev–Trinajstić information content (AvgIpc) is 2.83. The van der Waals surface area contributed by atoms with Crippen molar-refractivity contribution in [3.8, 4) is 0 Å². The van der Waals surface area contributed by atoms with Crippen LogP contribution < -0.4 is 5.73 Å². The van der Waals surface area contributed by atoms with Gasteiger partial charge in [-0.2, -0.15) is 0 Å². The van der Waals surface area contributed by atoms with Crippen molar-refractivity contribution < 1.29 is 9.53 Å². The highest BCUT2D eigenvalue weighted by molar-refractivity contribution is 5.88. The normalized spacial score (nSPS) is 16.8. The molecule has 0 radical (unpaired) electrons. The van der Waals surface area contributed by atoms with Crippen molar-refractivity contribution in [1.29, 1.82) is 0 Å². The Morgan fingerprint density at radius 1 is 1.44 bits per heavy atom. The molecule has 2 rings (SSSR count). The summed E-state index contributed by atoms with van der Waals surface area (Å²) in [5.41, 5.74) is 6.69. The molecule has 0 unspecified atom stereocenters. The molecule has 0 atom stereocenters. The molecule has 6 nitrogen and oxygen atoms in total. The van der Waals surface area contributed by atoms with E-state index >= 15 is 0 Å². The van der Waals surface area contributed by atoms with Gasteiger partial charge in [-0.3, -0.25) is 0 Å². The van der Waals surface area contributed by atoms with Crippen molar-refractivity contribution in [3.05, 3.63) is 11.4 Å². The van der Waals surface area contributed by atoms with Crippen molar-refractivity contribution in [1.82, 2.24) is 15.0 Å². The monoisotopic (exact) mass is 252 g/mol. The lowest BCUT2D eigenvalue weighted by molar-refractivity contribution is 0.0518. The summed E-state index contributed by atoms with van der Waals surface area (Å²) < 4.78 is 6.79. The first kappa shape index (κ1) is 13.0. The van der Waals surface area contributed by atoms with Gasteiger partial charge in [0.15, 0.2) is 5.69 Å². The number of nitrogens with zero attached hydrogens (tertiary/aromatic N) is 3. The second-order valence-corrected chi connectivity index (χ2v) is 4.55. The Hall–Kier alpha value is -1.43. The van der Waals surface area contributed by atoms with Crippen LogP contribution in [0.5, 0.6) is 0 Å². The fraction of sp³-hybridized carbons (Fsp3) is 0.750. The van der Waals surface area contributed by atoms with Crippen LogP contribution in [0.4, 0.5) is 0 Å². The second-order valence-electron chi connectivity index (χ2n) is 4.55. The molecule has 0 amide bonds. The van der Waals surface area contributed by atoms with E-state index in [4.69, 9.17) is 10.5 Å². The van der Waals surface area contributed by atoms with E-state index in [2.05, 4.69) is 10.3 Å². The number of ether oxygens (including phenoxy) is 1. The lowest BCUT2D eigenvalue weighted by Gasteiger charge is -2.22. The molecular formula is C12H20N4O2. The molecule has 6 heteroatoms. The van der Waals surface area contributed by atoms with Gasteiger partial charge in [-0.15, -0.1) is 5.10 Å². The van der Waals surface area contributed by atoms with Crippen molar-refractivity contribution in [3.63, 3.8) is 0 Å². The summed E-state index contributed by atoms with van der Waals surface area (Å²) in [6.07, 6.45) is 5.83. The summed E-state index contributed by atoms with van der Waals surface area (Å²) in [4.78, 5) is 11.7. The molecule has 1 aliphatic carbocycles. The third-order valence-corrected chi connectivity index (χ3v) is 3.37. The SMILES string of the molecule is CCOC(=O)c1nnn(C2CCCCC2)c1CN. The summed E-state index contributed by atoms with van der Waals surface area (Å²) in [6, 6.07) is 0.327. The van der Waals surface area contributed by atoms with Gasteiger partial charge in [-0.25, -0.2) is 9.48 Å². The second kappa shape index (κ2) is 5.95. The van der Waals surface area contributed by atoms with Gasteiger partial charge in [-0.1, -0.05) is 24.5 Å². The number of carbonyl (C=O) groups is 1. The van der Waals surface area contributed by atoms with E-state index in [9.17, 15) is 4.79 Å². The molecule has 0 bridgehead atoms. The van der Waals surface area contributed by atoms with E-state index in [0.717, 1.165) is 12.8 Å². The molecule has 1 aromatic rings. The third-order valence-electron chi connectivity index (χ3n) is 3.37. The number of hydrogen-bond acceptors (Lipinski definition) is 5. The molecular weight excluding hydrogens is 232 g/mol. The Morgan fingerprint density at radius 3 is 2.78 bits per heavy atom. The summed E-state index contributed by atoms with van der Waals surface area (Å²) in [6.45, 7) is 2.36. The van der Waals surface area contributed by atoms with Gasteiger partial charge in [-0.05, 0) is 19.8 Å². The van der Waals surface area contributed by atoms with Crippen LogP contribution in [0.15, 0.2) is 0 Å². The highest BCUT2D eigenvalue weighted by Crippen LogP contribution is 2.28. The molecule has 1 heterocycles. The average molecular weight is 252 g/mol. The van der Waals surface area contributed by atoms with Crippen LogP contribution in [-0.4, -0.2) is 27.6 Å². The molecule has 1 aromatic heterocycles. The van der Waals surface area contributed by atoms with Crippen LogP contribution in [0.1, 0.15) is 61.3 Å². The highest BCUT2D eigenvalue weighted by Gasteiger charge is 2.25. The van der Waals surface area contributed by atoms with E-state index in [1.54, 1.807) is 6.92 Å². The van der Waals surface area contributed by atoms with Gasteiger partial charge >= 0.3 is 5.97 Å². The zero-order valence-corrected chi connectivity index (χ0v) is 10.8. The summed E-state index contributed by atoms with van der Waals surface area (Å²) >= 11 is 0. The van der Waals surface area contributed by atoms with Crippen molar-refractivity contribution >= 4 is 5.97 Å². The van der Waals surface area contributed by atoms with Gasteiger partial charge in [0.1, 0.15) is 0 Å². The van der Waals surface area contributed by atoms with Gasteiger partial charge in [0, 0.05) is 6.54 Å². The quantitative estimate of drug-likeness (QED) is 0.819. The summed E-state index contributed by atoms with van der Waals surface area (Å²) in [5.74, 6) is -0.431. The third kappa shape index (κ3) is 2.53. The molecule has 0 aliphatic heterocycles. The number of esters is 1. The largest absolute Gasteiger partial charge is 0.461 e. The van der Waals surface area contributed by atoms with E-state index in [1.165, 1.54) is 19.3 Å². The Kier molecular flexibility index (Phi) is 4.30. The number of aromatic nitrogens is 3. The molecule has 0 aromatic carbocycles. The van der Waals surface area contributed by atoms with E-state index in [0.29, 0.717) is 18.3 Å². The van der Waals surface area contributed by atoms with Crippen LogP contribution in [0, 0.1) is 0 Å². The predicted octanol–water partition coefficient (Wildman–Crippen LogP) is 1.42. The van der Waals surface area contributed by atoms with Gasteiger partial charge in [0.25, 0.3) is 0 Å². The number of hydrogen-bond donors (Lipinski definition) is 1. The molecule has 1 fully saturated rings. The minimum Gasteiger partial charge on any atom is -0.461 e. The van der Waals surface area contributed by atoms with Crippen LogP contribution in [0.2, 0.25) is 0 Å². The number of carbonyl (C=O) groups excluding carboxylic acids is 1. The fourth-order valence-electron chi connectivity index (χ4n) is 2.48. The zero-order valence-electron chi connectivity index (χ0n) is 10.8. The lowest BCUT2D eigenvalue weighted by Crippen LogP contribution is -2.20. The highest BCUT2D eigenvalue weighted by atomic mass is 16.5. The molecule has 18 heavy (non-hydrogen) atoms. The molecule has 2 N–H and O–H groups in total. The Bertz CT molecular complexity index is 410. The standard InChI is InChI=1S/C12H20N4O2/c1-2-18-12(17)11-10(8-13)16(15-14-11)9-6-4-3-5-7-9/h9H,2-8,13H2,1H3. The maximum atomic E-state index is 11.7. The maximum Gasteiger partial charge on any atom is 0.360 e. The van der Waals surface area contributed by atoms with E-state index in [1.807, 2.05) is 4.68 Å². The first-order valence-electron chi connectivity index (χ1n) is 6.59. The van der Waals surface area contributed by atoms with E-state index < -0.39 is 5.97 Å². The lowest BCUT2D eigenvalue weighted by atomic mass is 9.95. The maximum absolute atomic E-state index is 11.7. The minimum atomic E-state index is -0.431. The number of nitrogens with two attached hydrogens (primary N) is 1. The van der Waals surface area contributed by atoms with Crippen LogP contribution in [0.25, 0.3) is 0 Å². The fourth-order valence-corrected chi connectivity index (χ4v) is 2.48. The molecule has 1 aliphatic rings. The molecule has 1 saturated carbocycles. The van der Waals surface area contributed by atoms with Crippen LogP contribution in [0.3, 0.4) is 0 Å². The molecule has 100 valence electrons. The smallest absolute Gasteiger partial charge is 0.360 e. The Balaban J connectivity index is 2.23. The first-order chi connectivity index (χ1) is 8.77. The number of rotatable bonds is 4. The van der Waals surface area contributed by atoms with Gasteiger partial charge < -0.3 is 10.5 Å².